The highest BCUT2D eigenvalue weighted by Crippen LogP contribution is 2.28. The Balaban J connectivity index is 2.35. The van der Waals surface area contributed by atoms with E-state index < -0.39 is 0 Å². The van der Waals surface area contributed by atoms with E-state index in [9.17, 15) is 10.1 Å². The molecule has 0 spiro atoms. The van der Waals surface area contributed by atoms with Crippen LogP contribution in [0, 0.1) is 10.1 Å². The number of non-ortho nitro benzene ring substituents is 1. The fourth-order valence-corrected chi connectivity index (χ4v) is 2.22. The summed E-state index contributed by atoms with van der Waals surface area (Å²) < 4.78 is 0. The van der Waals surface area contributed by atoms with Crippen molar-refractivity contribution in [3.05, 3.63) is 58.1 Å². The molecule has 2 aromatic rings. The Labute approximate surface area is 124 Å². The molecule has 0 aliphatic heterocycles. The van der Waals surface area contributed by atoms with Crippen molar-refractivity contribution in [2.45, 2.75) is 19.8 Å². The fraction of sp³-hybridized carbons (Fsp3) is 0.250. The predicted octanol–water partition coefficient (Wildman–Crippen LogP) is 4.33. The number of nitro benzene ring substituents is 1. The molecule has 0 unspecified atom stereocenters. The average Bonchev–Trinajstić information content (AvgIpc) is 2.49. The summed E-state index contributed by atoms with van der Waals surface area (Å²) in [7, 11) is 1.74. The molecule has 5 heteroatoms. The first-order valence-electron chi connectivity index (χ1n) is 6.96. The predicted molar refractivity (Wildman–Crippen MR) is 86.4 cm³/mol. The van der Waals surface area contributed by atoms with E-state index in [4.69, 9.17) is 0 Å². The number of para-hydroxylation sites is 1. The summed E-state index contributed by atoms with van der Waals surface area (Å²) in [5.41, 5.74) is 3.67. The van der Waals surface area contributed by atoms with Gasteiger partial charge in [-0.05, 0) is 24.1 Å². The van der Waals surface area contributed by atoms with Gasteiger partial charge in [0.1, 0.15) is 0 Å². The monoisotopic (exact) mass is 285 g/mol. The third kappa shape index (κ3) is 3.72. The minimum atomic E-state index is -0.385. The van der Waals surface area contributed by atoms with Gasteiger partial charge in [-0.15, -0.1) is 0 Å². The molecule has 0 amide bonds. The Morgan fingerprint density at radius 2 is 1.86 bits per heavy atom. The molecule has 110 valence electrons. The lowest BCUT2D eigenvalue weighted by Gasteiger charge is -2.12. The van der Waals surface area contributed by atoms with Crippen molar-refractivity contribution in [1.29, 1.82) is 0 Å². The Hall–Kier alpha value is -2.56. The number of nitro groups is 1. The lowest BCUT2D eigenvalue weighted by atomic mass is 10.1. The zero-order valence-corrected chi connectivity index (χ0v) is 12.2. The minimum Gasteiger partial charge on any atom is -0.388 e. The quantitative estimate of drug-likeness (QED) is 0.612. The molecule has 0 radical (unpaired) electrons. The molecular weight excluding hydrogens is 266 g/mol. The van der Waals surface area contributed by atoms with Crippen LogP contribution in [0.15, 0.2) is 42.5 Å². The molecule has 0 atom stereocenters. The molecule has 2 rings (SSSR count). The zero-order chi connectivity index (χ0) is 15.2. The molecule has 0 aliphatic carbocycles. The van der Waals surface area contributed by atoms with Crippen molar-refractivity contribution < 1.29 is 4.92 Å². The van der Waals surface area contributed by atoms with Crippen LogP contribution in [0.5, 0.6) is 0 Å². The van der Waals surface area contributed by atoms with Gasteiger partial charge >= 0.3 is 0 Å². The number of nitrogens with zero attached hydrogens (tertiary/aromatic N) is 1. The zero-order valence-electron chi connectivity index (χ0n) is 12.2. The van der Waals surface area contributed by atoms with Crippen LogP contribution in [0.2, 0.25) is 0 Å². The van der Waals surface area contributed by atoms with Gasteiger partial charge in [0.25, 0.3) is 5.69 Å². The van der Waals surface area contributed by atoms with E-state index in [0.29, 0.717) is 11.4 Å². The Kier molecular flexibility index (Phi) is 4.77. The topological polar surface area (TPSA) is 67.2 Å². The van der Waals surface area contributed by atoms with Crippen LogP contribution in [0.3, 0.4) is 0 Å². The van der Waals surface area contributed by atoms with Crippen LogP contribution in [0.1, 0.15) is 18.9 Å². The molecule has 21 heavy (non-hydrogen) atoms. The van der Waals surface area contributed by atoms with Crippen molar-refractivity contribution in [2.75, 3.05) is 17.7 Å². The number of anilines is 3. The summed E-state index contributed by atoms with van der Waals surface area (Å²) in [5, 5.41) is 17.2. The van der Waals surface area contributed by atoms with Crippen LogP contribution in [-0.2, 0) is 6.42 Å². The number of nitrogens with one attached hydrogen (secondary N) is 2. The van der Waals surface area contributed by atoms with Crippen LogP contribution in [-0.4, -0.2) is 12.0 Å². The summed E-state index contributed by atoms with van der Waals surface area (Å²) in [5.74, 6) is 0. The van der Waals surface area contributed by atoms with E-state index in [1.165, 1.54) is 11.6 Å². The minimum absolute atomic E-state index is 0.0670. The number of rotatable bonds is 6. The van der Waals surface area contributed by atoms with Gasteiger partial charge in [0.05, 0.1) is 4.92 Å². The van der Waals surface area contributed by atoms with Gasteiger partial charge in [-0.2, -0.15) is 0 Å². The van der Waals surface area contributed by atoms with E-state index in [1.54, 1.807) is 13.1 Å². The molecule has 5 nitrogen and oxygen atoms in total. The fourth-order valence-electron chi connectivity index (χ4n) is 2.22. The van der Waals surface area contributed by atoms with Crippen molar-refractivity contribution in [1.82, 2.24) is 0 Å². The first-order chi connectivity index (χ1) is 10.1. The van der Waals surface area contributed by atoms with E-state index >= 15 is 0 Å². The summed E-state index contributed by atoms with van der Waals surface area (Å²) in [4.78, 5) is 10.6. The SMILES string of the molecule is CCCc1ccccc1Nc1cc(NC)cc([N+](=O)[O-])c1. The van der Waals surface area contributed by atoms with E-state index in [-0.39, 0.29) is 10.6 Å². The van der Waals surface area contributed by atoms with Gasteiger partial charge in [0, 0.05) is 36.2 Å². The van der Waals surface area contributed by atoms with Gasteiger partial charge in [0.2, 0.25) is 0 Å². The number of aryl methyl sites for hydroxylation is 1. The molecular formula is C16H19N3O2. The van der Waals surface area contributed by atoms with E-state index in [1.807, 2.05) is 24.3 Å². The maximum Gasteiger partial charge on any atom is 0.273 e. The third-order valence-corrected chi connectivity index (χ3v) is 3.23. The number of hydrogen-bond acceptors (Lipinski definition) is 4. The smallest absolute Gasteiger partial charge is 0.273 e. The van der Waals surface area contributed by atoms with Crippen LogP contribution in [0.4, 0.5) is 22.7 Å². The van der Waals surface area contributed by atoms with Gasteiger partial charge < -0.3 is 10.6 Å². The summed E-state index contributed by atoms with van der Waals surface area (Å²) in [6.45, 7) is 2.13. The molecule has 0 heterocycles. The maximum absolute atomic E-state index is 11.0. The van der Waals surface area contributed by atoms with Gasteiger partial charge in [0.15, 0.2) is 0 Å². The van der Waals surface area contributed by atoms with Crippen molar-refractivity contribution in [3.63, 3.8) is 0 Å². The van der Waals surface area contributed by atoms with Gasteiger partial charge in [-0.1, -0.05) is 31.5 Å². The lowest BCUT2D eigenvalue weighted by molar-refractivity contribution is -0.384. The Morgan fingerprint density at radius 3 is 2.52 bits per heavy atom. The summed E-state index contributed by atoms with van der Waals surface area (Å²) >= 11 is 0. The average molecular weight is 285 g/mol. The Morgan fingerprint density at radius 1 is 1.14 bits per heavy atom. The molecule has 2 N–H and O–H groups in total. The first kappa shape index (κ1) is 14.8. The van der Waals surface area contributed by atoms with Gasteiger partial charge in [-0.25, -0.2) is 0 Å². The van der Waals surface area contributed by atoms with Crippen molar-refractivity contribution in [3.8, 4) is 0 Å². The summed E-state index contributed by atoms with van der Waals surface area (Å²) in [6.07, 6.45) is 2.02. The molecule has 2 aromatic carbocycles. The van der Waals surface area contributed by atoms with E-state index in [2.05, 4.69) is 23.6 Å². The highest BCUT2D eigenvalue weighted by Gasteiger charge is 2.10. The van der Waals surface area contributed by atoms with Crippen molar-refractivity contribution in [2.24, 2.45) is 0 Å². The molecule has 0 fully saturated rings. The van der Waals surface area contributed by atoms with Gasteiger partial charge in [-0.3, -0.25) is 10.1 Å². The summed E-state index contributed by atoms with van der Waals surface area (Å²) in [6, 6.07) is 12.9. The first-order valence-corrected chi connectivity index (χ1v) is 6.96. The molecule has 0 bridgehead atoms. The molecule has 0 saturated heterocycles. The lowest BCUT2D eigenvalue weighted by Crippen LogP contribution is -1.99. The van der Waals surface area contributed by atoms with Crippen LogP contribution < -0.4 is 10.6 Å². The highest BCUT2D eigenvalue weighted by atomic mass is 16.6. The van der Waals surface area contributed by atoms with Crippen molar-refractivity contribution >= 4 is 22.7 Å². The maximum atomic E-state index is 11.0. The second-order valence-corrected chi connectivity index (χ2v) is 4.81. The Bertz CT molecular complexity index is 641. The standard InChI is InChI=1S/C16H19N3O2/c1-3-6-12-7-4-5-8-16(12)18-14-9-13(17-2)10-15(11-14)19(20)21/h4-5,7-11,17-18H,3,6H2,1-2H3. The second-order valence-electron chi connectivity index (χ2n) is 4.81. The van der Waals surface area contributed by atoms with E-state index in [0.717, 1.165) is 18.5 Å². The van der Waals surface area contributed by atoms with Crippen LogP contribution in [0.25, 0.3) is 0 Å². The molecule has 0 aliphatic rings. The largest absolute Gasteiger partial charge is 0.388 e. The number of hydrogen-bond donors (Lipinski definition) is 2. The second kappa shape index (κ2) is 6.74. The highest BCUT2D eigenvalue weighted by molar-refractivity contribution is 5.70. The number of benzene rings is 2. The van der Waals surface area contributed by atoms with Crippen LogP contribution >= 0.6 is 0 Å². The normalized spacial score (nSPS) is 10.2. The third-order valence-electron chi connectivity index (χ3n) is 3.23. The molecule has 0 saturated carbocycles. The molecule has 0 aromatic heterocycles.